The summed E-state index contributed by atoms with van der Waals surface area (Å²) in [4.78, 5) is 18.0. The van der Waals surface area contributed by atoms with E-state index in [9.17, 15) is 13.2 Å². The lowest BCUT2D eigenvalue weighted by atomic mass is 10.0. The molecule has 0 aliphatic carbocycles. The summed E-state index contributed by atoms with van der Waals surface area (Å²) in [6.07, 6.45) is 2.96. The minimum atomic E-state index is -3.66. The first kappa shape index (κ1) is 23.7. The highest BCUT2D eigenvalue weighted by atomic mass is 32.2. The third-order valence-corrected chi connectivity index (χ3v) is 8.20. The fourth-order valence-electron chi connectivity index (χ4n) is 4.61. The zero-order chi connectivity index (χ0) is 23.6. The molecule has 2 aromatic rings. The first-order valence-electron chi connectivity index (χ1n) is 11.6. The quantitative estimate of drug-likeness (QED) is 0.667. The summed E-state index contributed by atoms with van der Waals surface area (Å²) < 4.78 is 33.0. The van der Waals surface area contributed by atoms with Crippen molar-refractivity contribution in [3.63, 3.8) is 0 Å². The number of benzene rings is 2. The second kappa shape index (κ2) is 9.83. The number of sulfonamides is 1. The van der Waals surface area contributed by atoms with Crippen LogP contribution in [0.15, 0.2) is 53.4 Å². The number of ether oxygens (including phenoxy) is 1. The maximum absolute atomic E-state index is 13.9. The molecule has 1 amide bonds. The van der Waals surface area contributed by atoms with Gasteiger partial charge in [0, 0.05) is 39.4 Å². The third-order valence-electron chi connectivity index (χ3n) is 6.39. The molecule has 0 bridgehead atoms. The summed E-state index contributed by atoms with van der Waals surface area (Å²) in [7, 11) is -0.649. The summed E-state index contributed by atoms with van der Waals surface area (Å²) in [5, 5.41) is 0. The molecule has 7 nitrogen and oxygen atoms in total. The Bertz CT molecular complexity index is 1080. The Morgan fingerprint density at radius 2 is 1.70 bits per heavy atom. The fourth-order valence-corrected chi connectivity index (χ4v) is 5.54. The van der Waals surface area contributed by atoms with Crippen LogP contribution in [-0.4, -0.2) is 69.9 Å². The SMILES string of the molecule is CC1CN(C(=O)c2cc(S(=O)(=O)N(C)C)ccc2N2CCCCC2)CC(c2ccccc2)O1. The lowest BCUT2D eigenvalue weighted by Gasteiger charge is -2.38. The maximum Gasteiger partial charge on any atom is 0.256 e. The van der Waals surface area contributed by atoms with E-state index in [4.69, 9.17) is 4.74 Å². The predicted octanol–water partition coefficient (Wildman–Crippen LogP) is 3.53. The topological polar surface area (TPSA) is 70.2 Å². The van der Waals surface area contributed by atoms with E-state index in [-0.39, 0.29) is 23.0 Å². The molecule has 33 heavy (non-hydrogen) atoms. The van der Waals surface area contributed by atoms with Gasteiger partial charge in [0.1, 0.15) is 6.10 Å². The first-order valence-corrected chi connectivity index (χ1v) is 13.0. The monoisotopic (exact) mass is 471 g/mol. The van der Waals surface area contributed by atoms with Crippen LogP contribution < -0.4 is 4.90 Å². The number of amides is 1. The molecule has 0 saturated carbocycles. The van der Waals surface area contributed by atoms with Crippen molar-refractivity contribution < 1.29 is 17.9 Å². The molecule has 0 N–H and O–H groups in total. The molecule has 8 heteroatoms. The summed E-state index contributed by atoms with van der Waals surface area (Å²) in [5.74, 6) is -0.150. The van der Waals surface area contributed by atoms with Crippen LogP contribution in [0.5, 0.6) is 0 Å². The van der Waals surface area contributed by atoms with E-state index in [1.54, 1.807) is 23.1 Å². The van der Waals surface area contributed by atoms with Gasteiger partial charge in [0.25, 0.3) is 5.91 Å². The minimum absolute atomic E-state index is 0.125. The zero-order valence-corrected chi connectivity index (χ0v) is 20.4. The molecule has 0 radical (unpaired) electrons. The van der Waals surface area contributed by atoms with Gasteiger partial charge < -0.3 is 14.5 Å². The molecule has 0 spiro atoms. The summed E-state index contributed by atoms with van der Waals surface area (Å²) in [6, 6.07) is 14.9. The lowest BCUT2D eigenvalue weighted by molar-refractivity contribution is -0.0691. The highest BCUT2D eigenvalue weighted by molar-refractivity contribution is 7.89. The van der Waals surface area contributed by atoms with Gasteiger partial charge in [0.15, 0.2) is 0 Å². The second-order valence-corrected chi connectivity index (χ2v) is 11.2. The number of piperidine rings is 1. The largest absolute Gasteiger partial charge is 0.371 e. The van der Waals surface area contributed by atoms with Crippen molar-refractivity contribution in [2.45, 2.75) is 43.3 Å². The predicted molar refractivity (Wildman–Crippen MR) is 129 cm³/mol. The molecular weight excluding hydrogens is 438 g/mol. The first-order chi connectivity index (χ1) is 15.8. The average molecular weight is 472 g/mol. The molecular formula is C25H33N3O4S. The maximum atomic E-state index is 13.9. The van der Waals surface area contributed by atoms with Gasteiger partial charge in [0.05, 0.1) is 23.1 Å². The van der Waals surface area contributed by atoms with Gasteiger partial charge >= 0.3 is 0 Å². The van der Waals surface area contributed by atoms with Crippen LogP contribution in [0, 0.1) is 0 Å². The van der Waals surface area contributed by atoms with Crippen molar-refractivity contribution in [3.8, 4) is 0 Å². The van der Waals surface area contributed by atoms with E-state index in [0.29, 0.717) is 18.7 Å². The Morgan fingerprint density at radius 1 is 1.00 bits per heavy atom. The normalized spacial score (nSPS) is 21.9. The van der Waals surface area contributed by atoms with Crippen molar-refractivity contribution in [1.82, 2.24) is 9.21 Å². The van der Waals surface area contributed by atoms with E-state index >= 15 is 0 Å². The Labute approximate surface area is 197 Å². The number of hydrogen-bond donors (Lipinski definition) is 0. The smallest absolute Gasteiger partial charge is 0.256 e. The lowest BCUT2D eigenvalue weighted by Crippen LogP contribution is -2.46. The minimum Gasteiger partial charge on any atom is -0.371 e. The van der Waals surface area contributed by atoms with Crippen LogP contribution in [0.4, 0.5) is 5.69 Å². The molecule has 2 aliphatic rings. The number of carbonyl (C=O) groups excluding carboxylic acids is 1. The summed E-state index contributed by atoms with van der Waals surface area (Å²) in [5.41, 5.74) is 2.29. The molecule has 2 aromatic carbocycles. The van der Waals surface area contributed by atoms with E-state index in [2.05, 4.69) is 4.90 Å². The van der Waals surface area contributed by atoms with E-state index in [0.717, 1.165) is 37.2 Å². The Hall–Kier alpha value is -2.42. The molecule has 2 aliphatic heterocycles. The van der Waals surface area contributed by atoms with Crippen LogP contribution in [0.2, 0.25) is 0 Å². The second-order valence-electron chi connectivity index (χ2n) is 9.07. The molecule has 178 valence electrons. The van der Waals surface area contributed by atoms with Crippen LogP contribution in [0.25, 0.3) is 0 Å². The van der Waals surface area contributed by atoms with Crippen LogP contribution >= 0.6 is 0 Å². The average Bonchev–Trinajstić information content (AvgIpc) is 2.83. The molecule has 2 heterocycles. The number of anilines is 1. The van der Waals surface area contributed by atoms with E-state index in [1.807, 2.05) is 37.3 Å². The van der Waals surface area contributed by atoms with E-state index < -0.39 is 10.0 Å². The number of morpholine rings is 1. The standard InChI is InChI=1S/C25H33N3O4S/c1-19-17-28(18-24(32-19)20-10-6-4-7-11-20)25(29)22-16-21(33(30,31)26(2)3)12-13-23(22)27-14-8-5-9-15-27/h4,6-7,10-13,16,19,24H,5,8-9,14-15,17-18H2,1-3H3. The van der Waals surface area contributed by atoms with Crippen LogP contribution in [-0.2, 0) is 14.8 Å². The van der Waals surface area contributed by atoms with Gasteiger partial charge in [-0.1, -0.05) is 30.3 Å². The molecule has 2 saturated heterocycles. The number of hydrogen-bond acceptors (Lipinski definition) is 5. The van der Waals surface area contributed by atoms with E-state index in [1.165, 1.54) is 24.8 Å². The highest BCUT2D eigenvalue weighted by Crippen LogP contribution is 2.31. The highest BCUT2D eigenvalue weighted by Gasteiger charge is 2.32. The van der Waals surface area contributed by atoms with Crippen molar-refractivity contribution >= 4 is 21.6 Å². The Balaban J connectivity index is 1.71. The van der Waals surface area contributed by atoms with Gasteiger partial charge in [0.2, 0.25) is 10.0 Å². The molecule has 2 atom stereocenters. The van der Waals surface area contributed by atoms with Crippen molar-refractivity contribution in [2.75, 3.05) is 45.2 Å². The van der Waals surface area contributed by atoms with Gasteiger partial charge in [-0.05, 0) is 49.9 Å². The fraction of sp³-hybridized carbons (Fsp3) is 0.480. The van der Waals surface area contributed by atoms with Gasteiger partial charge in [-0.3, -0.25) is 4.79 Å². The number of nitrogens with zero attached hydrogens (tertiary/aromatic N) is 3. The third kappa shape index (κ3) is 5.08. The Morgan fingerprint density at radius 3 is 2.36 bits per heavy atom. The summed E-state index contributed by atoms with van der Waals surface area (Å²) >= 11 is 0. The molecule has 2 fully saturated rings. The van der Waals surface area contributed by atoms with Crippen molar-refractivity contribution in [2.24, 2.45) is 0 Å². The number of carbonyl (C=O) groups is 1. The van der Waals surface area contributed by atoms with Gasteiger partial charge in [-0.15, -0.1) is 0 Å². The molecule has 4 rings (SSSR count). The zero-order valence-electron chi connectivity index (χ0n) is 19.6. The van der Waals surface area contributed by atoms with Gasteiger partial charge in [-0.2, -0.15) is 0 Å². The van der Waals surface area contributed by atoms with Crippen molar-refractivity contribution in [3.05, 3.63) is 59.7 Å². The molecule has 0 aromatic heterocycles. The van der Waals surface area contributed by atoms with Gasteiger partial charge in [-0.25, -0.2) is 12.7 Å². The van der Waals surface area contributed by atoms with Crippen LogP contribution in [0.3, 0.4) is 0 Å². The Kier molecular flexibility index (Phi) is 7.07. The summed E-state index contributed by atoms with van der Waals surface area (Å²) in [6.45, 7) is 4.59. The van der Waals surface area contributed by atoms with Crippen molar-refractivity contribution in [1.29, 1.82) is 0 Å². The molecule has 2 unspecified atom stereocenters. The van der Waals surface area contributed by atoms with Crippen LogP contribution in [0.1, 0.15) is 48.2 Å². The number of rotatable bonds is 5.